The highest BCUT2D eigenvalue weighted by molar-refractivity contribution is 5.77. The average Bonchev–Trinajstić information content (AvgIpc) is 2.87. The molecule has 0 spiro atoms. The highest BCUT2D eigenvalue weighted by atomic mass is 16.6. The Morgan fingerprint density at radius 2 is 1.44 bits per heavy atom. The summed E-state index contributed by atoms with van der Waals surface area (Å²) in [6, 6.07) is 3.70. The summed E-state index contributed by atoms with van der Waals surface area (Å²) < 4.78 is 16.6. The fraction of sp³-hybridized carbons (Fsp3) is 0.667. The maximum atomic E-state index is 12.5. The van der Waals surface area contributed by atoms with Crippen molar-refractivity contribution >= 4 is 23.9 Å². The van der Waals surface area contributed by atoms with Crippen molar-refractivity contribution in [3.05, 3.63) is 23.8 Å². The summed E-state index contributed by atoms with van der Waals surface area (Å²) in [6.45, 7) is 15.2. The predicted molar refractivity (Wildman–Crippen MR) is 149 cm³/mol. The van der Waals surface area contributed by atoms with Gasteiger partial charge in [0, 0.05) is 19.4 Å². The second-order valence-electron chi connectivity index (χ2n) is 11.1. The van der Waals surface area contributed by atoms with E-state index in [-0.39, 0.29) is 55.1 Å². The molecular weight excluding hydrogens is 502 g/mol. The largest absolute Gasteiger partial charge is 0.480 e. The minimum atomic E-state index is -1.08. The molecule has 1 rings (SSSR count). The van der Waals surface area contributed by atoms with Crippen LogP contribution in [-0.4, -0.2) is 47.7 Å². The molecule has 9 heteroatoms. The SMILES string of the molecule is CCC(C)CC(=O)Oc1ccc(C[C@H](NCC(C)OC(=O)C(C)(C)CC)C(=O)O)cc1OC(=O)CC(C)CC. The number of rotatable bonds is 17. The van der Waals surface area contributed by atoms with Crippen molar-refractivity contribution in [2.45, 2.75) is 106 Å². The summed E-state index contributed by atoms with van der Waals surface area (Å²) in [5.41, 5.74) is -0.0528. The van der Waals surface area contributed by atoms with Gasteiger partial charge in [-0.15, -0.1) is 0 Å². The summed E-state index contributed by atoms with van der Waals surface area (Å²) in [5, 5.41) is 12.7. The van der Waals surface area contributed by atoms with Crippen molar-refractivity contribution in [1.82, 2.24) is 5.32 Å². The molecule has 0 aliphatic rings. The number of nitrogens with one attached hydrogen (secondary N) is 1. The normalized spacial score (nSPS) is 14.6. The molecule has 0 radical (unpaired) electrons. The molecule has 4 atom stereocenters. The first-order valence-electron chi connectivity index (χ1n) is 13.9. The zero-order chi connectivity index (χ0) is 29.8. The Morgan fingerprint density at radius 3 is 1.92 bits per heavy atom. The standard InChI is InChI=1S/C30H47NO8/c1-9-19(4)14-26(32)38-24-13-12-22(17-25(24)39-27(33)15-20(5)10-2)16-23(28(34)35)31-18-21(6)37-29(36)30(7,8)11-3/h12-13,17,19-21,23,31H,9-11,14-16,18H2,1-8H3,(H,34,35)/t19?,20?,21?,23-/m0/s1. The number of aliphatic carboxylic acids is 1. The first kappa shape index (κ1) is 34.1. The van der Waals surface area contributed by atoms with Crippen LogP contribution in [0.2, 0.25) is 0 Å². The average molecular weight is 550 g/mol. The van der Waals surface area contributed by atoms with Crippen LogP contribution in [0.3, 0.4) is 0 Å². The van der Waals surface area contributed by atoms with E-state index in [1.165, 1.54) is 12.1 Å². The minimum Gasteiger partial charge on any atom is -0.480 e. The summed E-state index contributed by atoms with van der Waals surface area (Å²) in [5.74, 6) is -1.86. The van der Waals surface area contributed by atoms with E-state index in [1.807, 2.05) is 34.6 Å². The third kappa shape index (κ3) is 12.2. The smallest absolute Gasteiger partial charge is 0.321 e. The van der Waals surface area contributed by atoms with E-state index in [2.05, 4.69) is 5.32 Å². The number of carbonyl (C=O) groups excluding carboxylic acids is 3. The Hall–Kier alpha value is -2.94. The Labute approximate surface area is 233 Å². The van der Waals surface area contributed by atoms with Gasteiger partial charge in [-0.2, -0.15) is 0 Å². The topological polar surface area (TPSA) is 128 Å². The van der Waals surface area contributed by atoms with E-state index in [0.29, 0.717) is 12.0 Å². The molecule has 220 valence electrons. The fourth-order valence-corrected chi connectivity index (χ4v) is 3.35. The molecule has 2 N–H and O–H groups in total. The van der Waals surface area contributed by atoms with Gasteiger partial charge in [-0.25, -0.2) is 0 Å². The van der Waals surface area contributed by atoms with Gasteiger partial charge in [-0.05, 0) is 63.1 Å². The van der Waals surface area contributed by atoms with Crippen molar-refractivity contribution < 1.29 is 38.5 Å². The molecule has 0 saturated carbocycles. The lowest BCUT2D eigenvalue weighted by Crippen LogP contribution is -2.43. The number of hydrogen-bond acceptors (Lipinski definition) is 8. The molecule has 1 aromatic rings. The molecule has 3 unspecified atom stereocenters. The molecule has 39 heavy (non-hydrogen) atoms. The number of benzene rings is 1. The number of carbonyl (C=O) groups is 4. The van der Waals surface area contributed by atoms with Crippen LogP contribution in [0.25, 0.3) is 0 Å². The quantitative estimate of drug-likeness (QED) is 0.196. The Kier molecular flexibility index (Phi) is 14.2. The van der Waals surface area contributed by atoms with Crippen molar-refractivity contribution in [3.8, 4) is 11.5 Å². The Balaban J connectivity index is 3.05. The van der Waals surface area contributed by atoms with Crippen LogP contribution in [0.15, 0.2) is 18.2 Å². The third-order valence-electron chi connectivity index (χ3n) is 7.01. The summed E-state index contributed by atoms with van der Waals surface area (Å²) in [4.78, 5) is 49.3. The molecule has 1 aromatic carbocycles. The van der Waals surface area contributed by atoms with Crippen LogP contribution in [-0.2, 0) is 30.3 Å². The summed E-state index contributed by atoms with van der Waals surface area (Å²) in [7, 11) is 0. The van der Waals surface area contributed by atoms with Crippen LogP contribution in [0.1, 0.15) is 93.1 Å². The summed E-state index contributed by atoms with van der Waals surface area (Å²) >= 11 is 0. The number of carboxylic acid groups (broad SMARTS) is 1. The van der Waals surface area contributed by atoms with Gasteiger partial charge in [0.2, 0.25) is 0 Å². The molecule has 0 saturated heterocycles. The van der Waals surface area contributed by atoms with E-state index < -0.39 is 35.5 Å². The lowest BCUT2D eigenvalue weighted by atomic mass is 9.90. The number of esters is 3. The van der Waals surface area contributed by atoms with Crippen molar-refractivity contribution in [1.29, 1.82) is 0 Å². The molecule has 0 aliphatic carbocycles. The van der Waals surface area contributed by atoms with E-state index in [4.69, 9.17) is 14.2 Å². The first-order valence-corrected chi connectivity index (χ1v) is 13.9. The van der Waals surface area contributed by atoms with Crippen molar-refractivity contribution in [2.24, 2.45) is 17.3 Å². The maximum absolute atomic E-state index is 12.5. The first-order chi connectivity index (χ1) is 18.2. The number of ether oxygens (including phenoxy) is 3. The molecule has 0 aromatic heterocycles. The van der Waals surface area contributed by atoms with Crippen molar-refractivity contribution in [2.75, 3.05) is 6.54 Å². The van der Waals surface area contributed by atoms with Crippen molar-refractivity contribution in [3.63, 3.8) is 0 Å². The predicted octanol–water partition coefficient (Wildman–Crippen LogP) is 5.32. The van der Waals surface area contributed by atoms with Crippen LogP contribution < -0.4 is 14.8 Å². The summed E-state index contributed by atoms with van der Waals surface area (Å²) in [6.07, 6.45) is 2.21. The molecule has 9 nitrogen and oxygen atoms in total. The van der Waals surface area contributed by atoms with Crippen LogP contribution >= 0.6 is 0 Å². The molecule has 0 bridgehead atoms. The monoisotopic (exact) mass is 549 g/mol. The van der Waals surface area contributed by atoms with Gasteiger partial charge >= 0.3 is 23.9 Å². The maximum Gasteiger partial charge on any atom is 0.321 e. The third-order valence-corrected chi connectivity index (χ3v) is 7.01. The Bertz CT molecular complexity index is 974. The van der Waals surface area contributed by atoms with Crippen LogP contribution in [0.4, 0.5) is 0 Å². The van der Waals surface area contributed by atoms with E-state index in [9.17, 15) is 24.3 Å². The highest BCUT2D eigenvalue weighted by Gasteiger charge is 2.29. The second kappa shape index (κ2) is 16.2. The molecule has 0 aliphatic heterocycles. The van der Waals surface area contributed by atoms with E-state index in [1.54, 1.807) is 26.8 Å². The van der Waals surface area contributed by atoms with Gasteiger partial charge in [0.1, 0.15) is 12.1 Å². The van der Waals surface area contributed by atoms with Gasteiger partial charge < -0.3 is 24.6 Å². The lowest BCUT2D eigenvalue weighted by molar-refractivity contribution is -0.158. The van der Waals surface area contributed by atoms with E-state index >= 15 is 0 Å². The zero-order valence-corrected chi connectivity index (χ0v) is 24.8. The fourth-order valence-electron chi connectivity index (χ4n) is 3.35. The second-order valence-corrected chi connectivity index (χ2v) is 11.1. The minimum absolute atomic E-state index is 0.0630. The molecule has 0 amide bonds. The lowest BCUT2D eigenvalue weighted by Gasteiger charge is -2.24. The Morgan fingerprint density at radius 1 is 0.897 bits per heavy atom. The van der Waals surface area contributed by atoms with E-state index in [0.717, 1.165) is 12.8 Å². The molecular formula is C30H47NO8. The van der Waals surface area contributed by atoms with Gasteiger partial charge in [0.15, 0.2) is 11.5 Å². The van der Waals surface area contributed by atoms with Gasteiger partial charge in [0.05, 0.1) is 5.41 Å². The highest BCUT2D eigenvalue weighted by Crippen LogP contribution is 2.31. The van der Waals surface area contributed by atoms with Gasteiger partial charge in [0.25, 0.3) is 0 Å². The van der Waals surface area contributed by atoms with Crippen LogP contribution in [0, 0.1) is 17.3 Å². The zero-order valence-electron chi connectivity index (χ0n) is 24.8. The molecule has 0 fully saturated rings. The number of carboxylic acids is 1. The number of hydrogen-bond donors (Lipinski definition) is 2. The molecule has 0 heterocycles. The van der Waals surface area contributed by atoms with Gasteiger partial charge in [-0.3, -0.25) is 19.2 Å². The van der Waals surface area contributed by atoms with Crippen LogP contribution in [0.5, 0.6) is 11.5 Å². The van der Waals surface area contributed by atoms with Gasteiger partial charge in [-0.1, -0.05) is 53.5 Å².